The smallest absolute Gasteiger partial charge is 0.237 e. The van der Waals surface area contributed by atoms with Gasteiger partial charge in [0.2, 0.25) is 5.91 Å². The number of nitrogens with one attached hydrogen (secondary N) is 1. The van der Waals surface area contributed by atoms with Crippen LogP contribution in [0.15, 0.2) is 40.9 Å². The van der Waals surface area contributed by atoms with Crippen LogP contribution in [0.25, 0.3) is 10.7 Å². The van der Waals surface area contributed by atoms with Gasteiger partial charge < -0.3 is 9.88 Å². The summed E-state index contributed by atoms with van der Waals surface area (Å²) in [5.41, 5.74) is 3.01. The third-order valence-electron chi connectivity index (χ3n) is 3.96. The normalized spacial score (nSPS) is 12.2. The predicted octanol–water partition coefficient (Wildman–Crippen LogP) is 4.28. The minimum absolute atomic E-state index is 0.0388. The van der Waals surface area contributed by atoms with E-state index >= 15 is 0 Å². The highest BCUT2D eigenvalue weighted by atomic mass is 32.2. The van der Waals surface area contributed by atoms with Crippen molar-refractivity contribution in [1.29, 1.82) is 0 Å². The van der Waals surface area contributed by atoms with Crippen LogP contribution in [-0.4, -0.2) is 25.9 Å². The molecule has 1 amide bonds. The lowest BCUT2D eigenvalue weighted by atomic mass is 10.1. The molecule has 0 aliphatic carbocycles. The second kappa shape index (κ2) is 7.41. The molecule has 0 aliphatic heterocycles. The molecule has 1 aromatic carbocycles. The summed E-state index contributed by atoms with van der Waals surface area (Å²) in [5.74, 6) is 0.780. The lowest BCUT2D eigenvalue weighted by Gasteiger charge is -2.15. The lowest BCUT2D eigenvalue weighted by Crippen LogP contribution is -2.23. The number of hydrogen-bond acceptors (Lipinski definition) is 5. The van der Waals surface area contributed by atoms with Crippen LogP contribution in [0.5, 0.6) is 0 Å². The van der Waals surface area contributed by atoms with Gasteiger partial charge in [-0.1, -0.05) is 36.0 Å². The largest absolute Gasteiger partial charge is 0.325 e. The molecule has 0 bridgehead atoms. The maximum absolute atomic E-state index is 12.6. The van der Waals surface area contributed by atoms with E-state index in [-0.39, 0.29) is 11.2 Å². The van der Waals surface area contributed by atoms with Gasteiger partial charge >= 0.3 is 0 Å². The van der Waals surface area contributed by atoms with Gasteiger partial charge in [-0.3, -0.25) is 4.79 Å². The van der Waals surface area contributed by atoms with Crippen molar-refractivity contribution in [3.8, 4) is 10.7 Å². The van der Waals surface area contributed by atoms with Crippen molar-refractivity contribution >= 4 is 34.7 Å². The van der Waals surface area contributed by atoms with Crippen LogP contribution in [0.2, 0.25) is 0 Å². The number of benzene rings is 1. The van der Waals surface area contributed by atoms with Gasteiger partial charge in [0.1, 0.15) is 0 Å². The van der Waals surface area contributed by atoms with Crippen molar-refractivity contribution in [1.82, 2.24) is 14.8 Å². The molecule has 25 heavy (non-hydrogen) atoms. The first-order chi connectivity index (χ1) is 12.0. The Morgan fingerprint density at radius 3 is 2.56 bits per heavy atom. The summed E-state index contributed by atoms with van der Waals surface area (Å²) in [5, 5.41) is 14.0. The van der Waals surface area contributed by atoms with Crippen molar-refractivity contribution in [2.24, 2.45) is 7.05 Å². The molecule has 0 saturated carbocycles. The molecule has 0 radical (unpaired) electrons. The van der Waals surface area contributed by atoms with Crippen LogP contribution < -0.4 is 5.32 Å². The second-order valence-electron chi connectivity index (χ2n) is 5.86. The number of aromatic nitrogens is 3. The van der Waals surface area contributed by atoms with Crippen molar-refractivity contribution in [3.05, 3.63) is 46.8 Å². The van der Waals surface area contributed by atoms with Crippen LogP contribution >= 0.6 is 23.1 Å². The number of nitrogens with zero attached hydrogens (tertiary/aromatic N) is 3. The molecule has 7 heteroatoms. The first-order valence-electron chi connectivity index (χ1n) is 7.94. The molecular weight excluding hydrogens is 352 g/mol. The average Bonchev–Trinajstić information content (AvgIpc) is 3.21. The number of anilines is 1. The molecule has 1 N–H and O–H groups in total. The Bertz CT molecular complexity index is 866. The Morgan fingerprint density at radius 1 is 1.20 bits per heavy atom. The van der Waals surface area contributed by atoms with E-state index in [1.165, 1.54) is 11.8 Å². The van der Waals surface area contributed by atoms with Crippen molar-refractivity contribution < 1.29 is 4.79 Å². The summed E-state index contributed by atoms with van der Waals surface area (Å²) in [6.07, 6.45) is 0. The Kier molecular flexibility index (Phi) is 5.24. The number of rotatable bonds is 5. The van der Waals surface area contributed by atoms with Crippen molar-refractivity contribution in [2.45, 2.75) is 31.2 Å². The van der Waals surface area contributed by atoms with Crippen LogP contribution in [-0.2, 0) is 11.8 Å². The fourth-order valence-corrected chi connectivity index (χ4v) is 4.04. The molecule has 2 heterocycles. The molecule has 2 aromatic heterocycles. The van der Waals surface area contributed by atoms with Crippen LogP contribution in [0, 0.1) is 13.8 Å². The monoisotopic (exact) mass is 372 g/mol. The molecule has 5 nitrogen and oxygen atoms in total. The van der Waals surface area contributed by atoms with E-state index in [9.17, 15) is 4.79 Å². The zero-order valence-electron chi connectivity index (χ0n) is 14.6. The van der Waals surface area contributed by atoms with Gasteiger partial charge in [-0.15, -0.1) is 21.5 Å². The summed E-state index contributed by atoms with van der Waals surface area (Å²) in [7, 11) is 1.92. The maximum atomic E-state index is 12.6. The van der Waals surface area contributed by atoms with E-state index in [1.807, 2.05) is 68.1 Å². The molecule has 0 saturated heterocycles. The van der Waals surface area contributed by atoms with Gasteiger partial charge in [-0.25, -0.2) is 0 Å². The minimum Gasteiger partial charge on any atom is -0.325 e. The SMILES string of the molecule is Cc1cccc(C)c1NC(=O)[C@H](C)Sc1nnc(-c2cccs2)n1C. The molecule has 3 aromatic rings. The third kappa shape index (κ3) is 3.77. The summed E-state index contributed by atoms with van der Waals surface area (Å²) in [6, 6.07) is 9.99. The first kappa shape index (κ1) is 17.7. The first-order valence-corrected chi connectivity index (χ1v) is 9.70. The van der Waals surface area contributed by atoms with E-state index in [0.29, 0.717) is 0 Å². The third-order valence-corrected chi connectivity index (χ3v) is 5.96. The minimum atomic E-state index is -0.280. The number of para-hydroxylation sites is 1. The van der Waals surface area contributed by atoms with Crippen molar-refractivity contribution in [2.75, 3.05) is 5.32 Å². The van der Waals surface area contributed by atoms with E-state index in [4.69, 9.17) is 0 Å². The van der Waals surface area contributed by atoms with Gasteiger partial charge in [0, 0.05) is 12.7 Å². The highest BCUT2D eigenvalue weighted by Gasteiger charge is 2.20. The quantitative estimate of drug-likeness (QED) is 0.679. The van der Waals surface area contributed by atoms with Gasteiger partial charge in [0.15, 0.2) is 11.0 Å². The number of hydrogen-bond donors (Lipinski definition) is 1. The second-order valence-corrected chi connectivity index (χ2v) is 8.11. The molecule has 0 unspecified atom stereocenters. The average molecular weight is 373 g/mol. The number of thiophene rings is 1. The highest BCUT2D eigenvalue weighted by molar-refractivity contribution is 8.00. The Morgan fingerprint density at radius 2 is 1.92 bits per heavy atom. The fourth-order valence-electron chi connectivity index (χ4n) is 2.49. The zero-order valence-corrected chi connectivity index (χ0v) is 16.2. The number of thioether (sulfide) groups is 1. The number of amides is 1. The van der Waals surface area contributed by atoms with Crippen LogP contribution in [0.3, 0.4) is 0 Å². The summed E-state index contributed by atoms with van der Waals surface area (Å²) >= 11 is 3.03. The standard InChI is InChI=1S/C18H20N4OS2/c1-11-7-5-8-12(2)15(11)19-17(23)13(3)25-18-21-20-16(22(18)4)14-9-6-10-24-14/h5-10,13H,1-4H3,(H,19,23)/t13-/m0/s1. The summed E-state index contributed by atoms with van der Waals surface area (Å²) < 4.78 is 1.93. The van der Waals surface area contributed by atoms with Crippen LogP contribution in [0.4, 0.5) is 5.69 Å². The van der Waals surface area contributed by atoms with E-state index in [0.717, 1.165) is 32.7 Å². The maximum Gasteiger partial charge on any atom is 0.237 e. The molecule has 0 aliphatic rings. The zero-order chi connectivity index (χ0) is 18.0. The van der Waals surface area contributed by atoms with E-state index in [1.54, 1.807) is 11.3 Å². The van der Waals surface area contributed by atoms with Gasteiger partial charge in [-0.2, -0.15) is 0 Å². The molecule has 3 rings (SSSR count). The van der Waals surface area contributed by atoms with Crippen LogP contribution in [0.1, 0.15) is 18.1 Å². The van der Waals surface area contributed by atoms with Gasteiger partial charge in [-0.05, 0) is 43.3 Å². The highest BCUT2D eigenvalue weighted by Crippen LogP contribution is 2.29. The molecule has 0 fully saturated rings. The van der Waals surface area contributed by atoms with E-state index in [2.05, 4.69) is 15.5 Å². The summed E-state index contributed by atoms with van der Waals surface area (Å²) in [4.78, 5) is 13.6. The lowest BCUT2D eigenvalue weighted by molar-refractivity contribution is -0.115. The number of carbonyl (C=O) groups is 1. The molecular formula is C18H20N4OS2. The predicted molar refractivity (Wildman–Crippen MR) is 104 cm³/mol. The molecule has 0 spiro atoms. The molecule has 130 valence electrons. The number of carbonyl (C=O) groups excluding carboxylic acids is 1. The Labute approximate surface area is 155 Å². The number of aryl methyl sites for hydroxylation is 2. The Balaban J connectivity index is 1.72. The molecule has 1 atom stereocenters. The van der Waals surface area contributed by atoms with Gasteiger partial charge in [0.25, 0.3) is 0 Å². The Hall–Kier alpha value is -2.12. The van der Waals surface area contributed by atoms with Gasteiger partial charge in [0.05, 0.1) is 10.1 Å². The fraction of sp³-hybridized carbons (Fsp3) is 0.278. The van der Waals surface area contributed by atoms with E-state index < -0.39 is 0 Å². The summed E-state index contributed by atoms with van der Waals surface area (Å²) in [6.45, 7) is 5.87. The topological polar surface area (TPSA) is 59.8 Å². The van der Waals surface area contributed by atoms with Crippen molar-refractivity contribution in [3.63, 3.8) is 0 Å².